The Morgan fingerprint density at radius 2 is 2.12 bits per heavy atom. The van der Waals surface area contributed by atoms with Crippen LogP contribution in [0.25, 0.3) is 0 Å². The van der Waals surface area contributed by atoms with E-state index < -0.39 is 17.9 Å². The first-order valence-corrected chi connectivity index (χ1v) is 10.2. The molecule has 1 aromatic rings. The van der Waals surface area contributed by atoms with E-state index in [9.17, 15) is 14.4 Å². The molecule has 1 aliphatic heterocycles. The first kappa shape index (κ1) is 20.4. The largest absolute Gasteiger partial charge is 0.459 e. The molecule has 1 N–H and O–H groups in total. The number of piperidine rings is 1. The Labute approximate surface area is 157 Å². The number of esters is 1. The van der Waals surface area contributed by atoms with E-state index in [-0.39, 0.29) is 18.3 Å². The van der Waals surface area contributed by atoms with Crippen LogP contribution < -0.4 is 5.32 Å². The van der Waals surface area contributed by atoms with Gasteiger partial charge in [0.25, 0.3) is 11.8 Å². The Bertz CT molecular complexity index is 597. The van der Waals surface area contributed by atoms with Crippen LogP contribution in [0.5, 0.6) is 0 Å². The fourth-order valence-electron chi connectivity index (χ4n) is 2.70. The summed E-state index contributed by atoms with van der Waals surface area (Å²) in [5.41, 5.74) is 0. The summed E-state index contributed by atoms with van der Waals surface area (Å²) in [6.45, 7) is 3.27. The first-order chi connectivity index (χ1) is 12.5. The van der Waals surface area contributed by atoms with Crippen LogP contribution in [0.3, 0.4) is 0 Å². The fourth-order valence-corrected chi connectivity index (χ4v) is 3.18. The topological polar surface area (TPSA) is 88.9 Å². The molecule has 0 aromatic carbocycles. The van der Waals surface area contributed by atoms with Crippen molar-refractivity contribution in [2.45, 2.75) is 32.2 Å². The van der Waals surface area contributed by atoms with Gasteiger partial charge < -0.3 is 19.4 Å². The molecule has 7 nitrogen and oxygen atoms in total. The monoisotopic (exact) mass is 382 g/mol. The molecular formula is C18H26N2O5S. The van der Waals surface area contributed by atoms with E-state index in [1.165, 1.54) is 12.3 Å². The van der Waals surface area contributed by atoms with Gasteiger partial charge in [-0.3, -0.25) is 9.59 Å². The highest BCUT2D eigenvalue weighted by atomic mass is 32.2. The summed E-state index contributed by atoms with van der Waals surface area (Å²) in [6.07, 6.45) is 5.66. The summed E-state index contributed by atoms with van der Waals surface area (Å²) >= 11 is 1.56. The zero-order valence-electron chi connectivity index (χ0n) is 15.2. The molecule has 1 saturated heterocycles. The number of ether oxygens (including phenoxy) is 1. The number of carbonyl (C=O) groups excluding carboxylic acids is 3. The number of hydrogen-bond acceptors (Lipinski definition) is 6. The molecule has 2 heterocycles. The Kier molecular flexibility index (Phi) is 8.03. The van der Waals surface area contributed by atoms with Crippen molar-refractivity contribution >= 4 is 29.5 Å². The smallest absolute Gasteiger partial charge is 0.329 e. The van der Waals surface area contributed by atoms with E-state index in [4.69, 9.17) is 9.15 Å². The van der Waals surface area contributed by atoms with E-state index >= 15 is 0 Å². The summed E-state index contributed by atoms with van der Waals surface area (Å²) in [6, 6.07) is 2.31. The SMILES string of the molecule is CSCC[C@@H](NC(=O)c1ccco1)C(=O)OCC(=O)N1CCC(C)CC1. The summed E-state index contributed by atoms with van der Waals surface area (Å²) in [5, 5.41) is 2.62. The molecule has 1 aromatic heterocycles. The van der Waals surface area contributed by atoms with Gasteiger partial charge in [0.15, 0.2) is 12.4 Å². The molecule has 1 fully saturated rings. The minimum Gasteiger partial charge on any atom is -0.459 e. The van der Waals surface area contributed by atoms with Crippen LogP contribution >= 0.6 is 11.8 Å². The lowest BCUT2D eigenvalue weighted by molar-refractivity contribution is -0.154. The Morgan fingerprint density at radius 1 is 1.38 bits per heavy atom. The maximum atomic E-state index is 12.3. The maximum Gasteiger partial charge on any atom is 0.329 e. The Balaban J connectivity index is 1.85. The van der Waals surface area contributed by atoms with Crippen molar-refractivity contribution in [2.75, 3.05) is 31.7 Å². The second-order valence-corrected chi connectivity index (χ2v) is 7.44. The number of thioether (sulfide) groups is 1. The molecule has 2 amide bonds. The lowest BCUT2D eigenvalue weighted by atomic mass is 9.99. The molecule has 1 aliphatic rings. The number of furan rings is 1. The fraction of sp³-hybridized carbons (Fsp3) is 0.611. The van der Waals surface area contributed by atoms with Gasteiger partial charge in [0.05, 0.1) is 6.26 Å². The predicted octanol–water partition coefficient (Wildman–Crippen LogP) is 1.93. The molecule has 0 radical (unpaired) electrons. The standard InChI is InChI=1S/C18H26N2O5S/c1-13-5-8-20(9-6-13)16(21)12-25-18(23)14(7-11-26-2)19-17(22)15-4-3-10-24-15/h3-4,10,13-14H,5-9,11-12H2,1-2H3,(H,19,22)/t14-/m1/s1. The lowest BCUT2D eigenvalue weighted by Crippen LogP contribution is -2.44. The average Bonchev–Trinajstić information content (AvgIpc) is 3.18. The van der Waals surface area contributed by atoms with Crippen LogP contribution in [0.1, 0.15) is 36.7 Å². The average molecular weight is 382 g/mol. The number of likely N-dealkylation sites (tertiary alicyclic amines) is 1. The van der Waals surface area contributed by atoms with Crippen LogP contribution in [-0.2, 0) is 14.3 Å². The lowest BCUT2D eigenvalue weighted by Gasteiger charge is -2.30. The van der Waals surface area contributed by atoms with E-state index in [2.05, 4.69) is 12.2 Å². The van der Waals surface area contributed by atoms with E-state index in [0.717, 1.165) is 12.8 Å². The van der Waals surface area contributed by atoms with Crippen LogP contribution in [-0.4, -0.2) is 60.4 Å². The first-order valence-electron chi connectivity index (χ1n) is 8.79. The second kappa shape index (κ2) is 10.3. The van der Waals surface area contributed by atoms with Gasteiger partial charge in [-0.25, -0.2) is 4.79 Å². The third kappa shape index (κ3) is 6.09. The van der Waals surface area contributed by atoms with Gasteiger partial charge in [0.2, 0.25) is 0 Å². The van der Waals surface area contributed by atoms with Gasteiger partial charge in [-0.1, -0.05) is 6.92 Å². The predicted molar refractivity (Wildman–Crippen MR) is 98.9 cm³/mol. The highest BCUT2D eigenvalue weighted by Crippen LogP contribution is 2.16. The molecule has 1 atom stereocenters. The zero-order valence-corrected chi connectivity index (χ0v) is 16.0. The van der Waals surface area contributed by atoms with Crippen molar-refractivity contribution in [1.29, 1.82) is 0 Å². The molecule has 0 saturated carbocycles. The summed E-state index contributed by atoms with van der Waals surface area (Å²) in [5.74, 6) is 0.161. The van der Waals surface area contributed by atoms with Gasteiger partial charge in [-0.05, 0) is 49.3 Å². The van der Waals surface area contributed by atoms with Crippen molar-refractivity contribution in [2.24, 2.45) is 5.92 Å². The van der Waals surface area contributed by atoms with Gasteiger partial charge >= 0.3 is 5.97 Å². The number of amides is 2. The Hall–Kier alpha value is -1.96. The maximum absolute atomic E-state index is 12.3. The van der Waals surface area contributed by atoms with Crippen LogP contribution in [0.15, 0.2) is 22.8 Å². The quantitative estimate of drug-likeness (QED) is 0.691. The summed E-state index contributed by atoms with van der Waals surface area (Å²) in [7, 11) is 0. The Morgan fingerprint density at radius 3 is 2.73 bits per heavy atom. The minimum absolute atomic E-state index is 0.130. The summed E-state index contributed by atoms with van der Waals surface area (Å²) < 4.78 is 10.2. The highest BCUT2D eigenvalue weighted by Gasteiger charge is 2.26. The van der Waals surface area contributed by atoms with E-state index in [1.807, 2.05) is 6.26 Å². The molecule has 26 heavy (non-hydrogen) atoms. The minimum atomic E-state index is -0.811. The molecule has 0 spiro atoms. The van der Waals surface area contributed by atoms with Gasteiger partial charge in [0.1, 0.15) is 6.04 Å². The van der Waals surface area contributed by atoms with Gasteiger partial charge in [0, 0.05) is 13.1 Å². The van der Waals surface area contributed by atoms with Crippen LogP contribution in [0.4, 0.5) is 0 Å². The number of carbonyl (C=O) groups is 3. The zero-order chi connectivity index (χ0) is 18.9. The number of rotatable bonds is 8. The van der Waals surface area contributed by atoms with Gasteiger partial charge in [-0.2, -0.15) is 11.8 Å². The second-order valence-electron chi connectivity index (χ2n) is 6.46. The third-order valence-electron chi connectivity index (χ3n) is 4.42. The molecule has 8 heteroatoms. The molecule has 2 rings (SSSR count). The van der Waals surface area contributed by atoms with Gasteiger partial charge in [-0.15, -0.1) is 0 Å². The molecular weight excluding hydrogens is 356 g/mol. The normalized spacial score (nSPS) is 16.2. The van der Waals surface area contributed by atoms with E-state index in [1.54, 1.807) is 22.7 Å². The van der Waals surface area contributed by atoms with Crippen molar-refractivity contribution in [3.63, 3.8) is 0 Å². The van der Waals surface area contributed by atoms with Crippen molar-refractivity contribution < 1.29 is 23.5 Å². The highest BCUT2D eigenvalue weighted by molar-refractivity contribution is 7.98. The van der Waals surface area contributed by atoms with Crippen molar-refractivity contribution in [3.05, 3.63) is 24.2 Å². The van der Waals surface area contributed by atoms with Crippen LogP contribution in [0, 0.1) is 5.92 Å². The molecule has 144 valence electrons. The third-order valence-corrected chi connectivity index (χ3v) is 5.06. The molecule has 0 unspecified atom stereocenters. The number of nitrogens with zero attached hydrogens (tertiary/aromatic N) is 1. The number of hydrogen-bond donors (Lipinski definition) is 1. The molecule has 0 aliphatic carbocycles. The van der Waals surface area contributed by atoms with E-state index in [0.29, 0.717) is 31.2 Å². The summed E-state index contributed by atoms with van der Waals surface area (Å²) in [4.78, 5) is 38.4. The molecule has 0 bridgehead atoms. The van der Waals surface area contributed by atoms with Crippen molar-refractivity contribution in [3.8, 4) is 0 Å². The van der Waals surface area contributed by atoms with Crippen molar-refractivity contribution in [1.82, 2.24) is 10.2 Å². The number of nitrogens with one attached hydrogen (secondary N) is 1. The van der Waals surface area contributed by atoms with Crippen LogP contribution in [0.2, 0.25) is 0 Å².